The van der Waals surface area contributed by atoms with Crippen molar-refractivity contribution in [2.24, 2.45) is 0 Å². The van der Waals surface area contributed by atoms with Crippen molar-refractivity contribution < 1.29 is 9.59 Å². The van der Waals surface area contributed by atoms with Gasteiger partial charge in [-0.15, -0.1) is 0 Å². The Morgan fingerprint density at radius 3 is 2.60 bits per heavy atom. The lowest BCUT2D eigenvalue weighted by Crippen LogP contribution is -2.38. The van der Waals surface area contributed by atoms with Crippen molar-refractivity contribution in [1.29, 1.82) is 0 Å². The summed E-state index contributed by atoms with van der Waals surface area (Å²) in [4.78, 5) is 39.5. The van der Waals surface area contributed by atoms with Crippen LogP contribution in [0.15, 0.2) is 65.5 Å². The maximum atomic E-state index is 13.2. The zero-order chi connectivity index (χ0) is 21.3. The Labute approximate surface area is 174 Å². The van der Waals surface area contributed by atoms with Gasteiger partial charge in [0.15, 0.2) is 0 Å². The first-order valence-corrected chi connectivity index (χ1v) is 9.79. The Bertz CT molecular complexity index is 1180. The fraction of sp³-hybridized carbons (Fsp3) is 0.217. The van der Waals surface area contributed by atoms with Crippen LogP contribution in [0.25, 0.3) is 0 Å². The van der Waals surface area contributed by atoms with Crippen LogP contribution >= 0.6 is 0 Å². The minimum absolute atomic E-state index is 0.0126. The number of hydrogen-bond acceptors (Lipinski definition) is 4. The molecular formula is C23H22N4O3. The molecule has 1 aliphatic rings. The van der Waals surface area contributed by atoms with Gasteiger partial charge in [-0.25, -0.2) is 4.68 Å². The Morgan fingerprint density at radius 1 is 1.07 bits per heavy atom. The lowest BCUT2D eigenvalue weighted by Gasteiger charge is -2.22. The summed E-state index contributed by atoms with van der Waals surface area (Å²) in [6, 6.07) is 17.8. The molecule has 1 unspecified atom stereocenters. The van der Waals surface area contributed by atoms with E-state index in [2.05, 4.69) is 10.4 Å². The van der Waals surface area contributed by atoms with Gasteiger partial charge in [0.25, 0.3) is 11.5 Å². The minimum Gasteiger partial charge on any atom is -0.324 e. The number of rotatable bonds is 4. The molecule has 2 amide bonds. The highest BCUT2D eigenvalue weighted by molar-refractivity contribution is 6.06. The van der Waals surface area contributed by atoms with Crippen LogP contribution in [-0.2, 0) is 17.8 Å². The van der Waals surface area contributed by atoms with E-state index in [9.17, 15) is 14.4 Å². The molecule has 4 rings (SSSR count). The number of benzene rings is 2. The van der Waals surface area contributed by atoms with Crippen molar-refractivity contribution >= 4 is 23.2 Å². The van der Waals surface area contributed by atoms with Crippen molar-refractivity contribution in [2.75, 3.05) is 10.2 Å². The number of fused-ring (bicyclic) bond motifs is 1. The number of aromatic nitrogens is 2. The molecule has 0 bridgehead atoms. The second-order valence-corrected chi connectivity index (χ2v) is 7.43. The van der Waals surface area contributed by atoms with E-state index in [1.54, 1.807) is 11.0 Å². The van der Waals surface area contributed by atoms with Gasteiger partial charge in [0.05, 0.1) is 0 Å². The van der Waals surface area contributed by atoms with Gasteiger partial charge in [-0.2, -0.15) is 5.10 Å². The summed E-state index contributed by atoms with van der Waals surface area (Å²) in [5.41, 5.74) is 3.22. The summed E-state index contributed by atoms with van der Waals surface area (Å²) >= 11 is 0. The molecule has 2 heterocycles. The third-order valence-corrected chi connectivity index (χ3v) is 5.22. The van der Waals surface area contributed by atoms with E-state index in [1.165, 1.54) is 12.1 Å². The molecule has 1 N–H and O–H groups in total. The van der Waals surface area contributed by atoms with Gasteiger partial charge >= 0.3 is 0 Å². The van der Waals surface area contributed by atoms with E-state index < -0.39 is 5.56 Å². The molecule has 7 nitrogen and oxygen atoms in total. The molecule has 1 aliphatic heterocycles. The Balaban J connectivity index is 1.56. The molecular weight excluding hydrogens is 380 g/mol. The Hall–Kier alpha value is -3.74. The highest BCUT2D eigenvalue weighted by Crippen LogP contribution is 2.32. The number of aryl methyl sites for hydroxylation is 1. The van der Waals surface area contributed by atoms with E-state index in [0.717, 1.165) is 27.9 Å². The monoisotopic (exact) mass is 402 g/mol. The van der Waals surface area contributed by atoms with Gasteiger partial charge in [0.1, 0.15) is 12.2 Å². The molecule has 0 saturated carbocycles. The van der Waals surface area contributed by atoms with Crippen LogP contribution in [0.1, 0.15) is 28.5 Å². The number of nitrogens with zero attached hydrogens (tertiary/aromatic N) is 3. The van der Waals surface area contributed by atoms with E-state index in [-0.39, 0.29) is 30.1 Å². The first-order valence-electron chi connectivity index (χ1n) is 9.79. The van der Waals surface area contributed by atoms with E-state index in [4.69, 9.17) is 0 Å². The van der Waals surface area contributed by atoms with Gasteiger partial charge in [-0.1, -0.05) is 36.4 Å². The topological polar surface area (TPSA) is 84.3 Å². The molecule has 0 radical (unpaired) electrons. The smallest absolute Gasteiger partial charge is 0.278 e. The fourth-order valence-corrected chi connectivity index (χ4v) is 3.71. The van der Waals surface area contributed by atoms with Gasteiger partial charge < -0.3 is 10.2 Å². The number of amides is 2. The second kappa shape index (κ2) is 7.94. The zero-order valence-electron chi connectivity index (χ0n) is 16.8. The highest BCUT2D eigenvalue weighted by atomic mass is 16.2. The van der Waals surface area contributed by atoms with Crippen LogP contribution in [-0.4, -0.2) is 27.6 Å². The molecule has 1 aromatic heterocycles. The first kappa shape index (κ1) is 19.6. The van der Waals surface area contributed by atoms with Crippen LogP contribution in [0.3, 0.4) is 0 Å². The summed E-state index contributed by atoms with van der Waals surface area (Å²) < 4.78 is 1.02. The van der Waals surface area contributed by atoms with Crippen LogP contribution in [0.4, 0.5) is 11.4 Å². The molecule has 0 fully saturated rings. The van der Waals surface area contributed by atoms with Crippen molar-refractivity contribution in [3.8, 4) is 0 Å². The number of anilines is 2. The maximum Gasteiger partial charge on any atom is 0.278 e. The minimum atomic E-state index is -0.443. The van der Waals surface area contributed by atoms with Gasteiger partial charge in [0, 0.05) is 23.5 Å². The molecule has 152 valence electrons. The number of para-hydroxylation sites is 2. The SMILES string of the molecule is Cc1ccccc1NC(=O)Cn1nc(C(=O)N2c3ccccc3CC2C)ccc1=O. The zero-order valence-corrected chi connectivity index (χ0v) is 16.8. The third-order valence-electron chi connectivity index (χ3n) is 5.22. The quantitative estimate of drug-likeness (QED) is 0.727. The fourth-order valence-electron chi connectivity index (χ4n) is 3.71. The average Bonchev–Trinajstić information content (AvgIpc) is 3.06. The summed E-state index contributed by atoms with van der Waals surface area (Å²) in [5, 5.41) is 6.96. The second-order valence-electron chi connectivity index (χ2n) is 7.43. The Kier molecular flexibility index (Phi) is 5.18. The average molecular weight is 402 g/mol. The summed E-state index contributed by atoms with van der Waals surface area (Å²) in [6.07, 6.45) is 0.764. The summed E-state index contributed by atoms with van der Waals surface area (Å²) in [7, 11) is 0. The predicted octanol–water partition coefficient (Wildman–Crippen LogP) is 2.78. The highest BCUT2D eigenvalue weighted by Gasteiger charge is 2.32. The predicted molar refractivity (Wildman–Crippen MR) is 115 cm³/mol. The van der Waals surface area contributed by atoms with E-state index in [1.807, 2.05) is 56.3 Å². The van der Waals surface area contributed by atoms with E-state index >= 15 is 0 Å². The normalized spacial score (nSPS) is 15.0. The number of nitrogens with one attached hydrogen (secondary N) is 1. The molecule has 0 spiro atoms. The van der Waals surface area contributed by atoms with Gasteiger partial charge in [0.2, 0.25) is 5.91 Å². The first-order chi connectivity index (χ1) is 14.4. The standard InChI is InChI=1S/C23H22N4O3/c1-15-7-3-5-9-18(15)24-21(28)14-26-22(29)12-11-19(25-26)23(30)27-16(2)13-17-8-4-6-10-20(17)27/h3-12,16H,13-14H2,1-2H3,(H,24,28). The summed E-state index contributed by atoms with van der Waals surface area (Å²) in [5.74, 6) is -0.677. The Morgan fingerprint density at radius 2 is 1.80 bits per heavy atom. The lowest BCUT2D eigenvalue weighted by atomic mass is 10.1. The van der Waals surface area contributed by atoms with Crippen LogP contribution < -0.4 is 15.8 Å². The molecule has 0 saturated heterocycles. The largest absolute Gasteiger partial charge is 0.324 e. The van der Waals surface area contributed by atoms with Crippen molar-refractivity contribution in [2.45, 2.75) is 32.9 Å². The van der Waals surface area contributed by atoms with Crippen LogP contribution in [0.2, 0.25) is 0 Å². The molecule has 2 aromatic carbocycles. The maximum absolute atomic E-state index is 13.2. The summed E-state index contributed by atoms with van der Waals surface area (Å²) in [6.45, 7) is 3.58. The number of carbonyl (C=O) groups is 2. The van der Waals surface area contributed by atoms with Crippen molar-refractivity contribution in [3.05, 3.63) is 87.8 Å². The van der Waals surface area contributed by atoms with Gasteiger partial charge in [-0.3, -0.25) is 14.4 Å². The van der Waals surface area contributed by atoms with Gasteiger partial charge in [-0.05, 0) is 49.6 Å². The number of carbonyl (C=O) groups excluding carboxylic acids is 2. The molecule has 30 heavy (non-hydrogen) atoms. The third kappa shape index (κ3) is 3.74. The molecule has 0 aliphatic carbocycles. The van der Waals surface area contributed by atoms with Crippen LogP contribution in [0.5, 0.6) is 0 Å². The molecule has 7 heteroatoms. The van der Waals surface area contributed by atoms with E-state index in [0.29, 0.717) is 5.69 Å². The van der Waals surface area contributed by atoms with Crippen molar-refractivity contribution in [1.82, 2.24) is 9.78 Å². The molecule has 3 aromatic rings. The lowest BCUT2D eigenvalue weighted by molar-refractivity contribution is -0.117. The molecule has 1 atom stereocenters. The van der Waals surface area contributed by atoms with Crippen LogP contribution in [0, 0.1) is 6.92 Å². The number of hydrogen-bond donors (Lipinski definition) is 1. The van der Waals surface area contributed by atoms with Crippen molar-refractivity contribution in [3.63, 3.8) is 0 Å².